The molecule has 0 saturated carbocycles. The summed E-state index contributed by atoms with van der Waals surface area (Å²) in [5.74, 6) is -1.55. The van der Waals surface area contributed by atoms with Gasteiger partial charge in [-0.25, -0.2) is 4.79 Å². The first-order chi connectivity index (χ1) is 8.21. The van der Waals surface area contributed by atoms with Gasteiger partial charge in [0.25, 0.3) is 0 Å². The topological polar surface area (TPSA) is 46.5 Å². The van der Waals surface area contributed by atoms with Crippen molar-refractivity contribution in [3.8, 4) is 5.75 Å². The standard InChI is InChI=1S/C12H11F3O3/c1-7(2)11(17)18-6-8-3-4-10(16)9(5-8)12(13,14)15/h3-5,16H,1,6H2,2H3. The van der Waals surface area contributed by atoms with Crippen LogP contribution in [0.5, 0.6) is 5.75 Å². The van der Waals surface area contributed by atoms with E-state index >= 15 is 0 Å². The van der Waals surface area contributed by atoms with Crippen molar-refractivity contribution in [3.63, 3.8) is 0 Å². The first kappa shape index (κ1) is 14.1. The Morgan fingerprint density at radius 1 is 1.44 bits per heavy atom. The normalized spacial score (nSPS) is 11.1. The van der Waals surface area contributed by atoms with E-state index in [1.165, 1.54) is 13.0 Å². The van der Waals surface area contributed by atoms with Crippen molar-refractivity contribution in [1.29, 1.82) is 0 Å². The monoisotopic (exact) mass is 260 g/mol. The Hall–Kier alpha value is -1.98. The number of rotatable bonds is 3. The number of phenols is 1. The molecule has 1 rings (SSSR count). The predicted octanol–water partition coefficient (Wildman–Crippen LogP) is 3.03. The maximum Gasteiger partial charge on any atom is 0.419 e. The van der Waals surface area contributed by atoms with Gasteiger partial charge in [-0.05, 0) is 24.6 Å². The molecule has 0 unspecified atom stereocenters. The maximum absolute atomic E-state index is 12.5. The molecule has 0 spiro atoms. The van der Waals surface area contributed by atoms with Crippen LogP contribution in [0.4, 0.5) is 13.2 Å². The zero-order valence-electron chi connectivity index (χ0n) is 9.54. The molecular formula is C12H11F3O3. The van der Waals surface area contributed by atoms with Crippen molar-refractivity contribution in [1.82, 2.24) is 0 Å². The lowest BCUT2D eigenvalue weighted by molar-refractivity contribution is -0.140. The molecule has 0 aliphatic heterocycles. The van der Waals surface area contributed by atoms with E-state index < -0.39 is 23.5 Å². The van der Waals surface area contributed by atoms with Crippen LogP contribution in [-0.4, -0.2) is 11.1 Å². The molecule has 0 aliphatic rings. The highest BCUT2D eigenvalue weighted by Crippen LogP contribution is 2.36. The van der Waals surface area contributed by atoms with E-state index in [1.807, 2.05) is 0 Å². The average molecular weight is 260 g/mol. The average Bonchev–Trinajstić information content (AvgIpc) is 2.25. The summed E-state index contributed by atoms with van der Waals surface area (Å²) in [5.41, 5.74) is -0.870. The Bertz CT molecular complexity index is 478. The van der Waals surface area contributed by atoms with E-state index in [4.69, 9.17) is 9.84 Å². The molecule has 0 bridgehead atoms. The summed E-state index contributed by atoms with van der Waals surface area (Å²) >= 11 is 0. The lowest BCUT2D eigenvalue weighted by Crippen LogP contribution is -2.08. The number of halogens is 3. The Kier molecular flexibility index (Phi) is 4.00. The van der Waals surface area contributed by atoms with Crippen molar-refractivity contribution < 1.29 is 27.8 Å². The van der Waals surface area contributed by atoms with E-state index in [9.17, 15) is 18.0 Å². The van der Waals surface area contributed by atoms with Crippen molar-refractivity contribution >= 4 is 5.97 Å². The Labute approximate surface area is 101 Å². The Morgan fingerprint density at radius 2 is 2.06 bits per heavy atom. The lowest BCUT2D eigenvalue weighted by atomic mass is 10.1. The fourth-order valence-corrected chi connectivity index (χ4v) is 1.17. The zero-order chi connectivity index (χ0) is 13.9. The van der Waals surface area contributed by atoms with Crippen molar-refractivity contribution in [2.45, 2.75) is 19.7 Å². The third-order valence-electron chi connectivity index (χ3n) is 2.08. The van der Waals surface area contributed by atoms with Gasteiger partial charge in [-0.15, -0.1) is 0 Å². The minimum atomic E-state index is -4.65. The zero-order valence-corrected chi connectivity index (χ0v) is 9.54. The van der Waals surface area contributed by atoms with Crippen LogP contribution < -0.4 is 0 Å². The second-order valence-corrected chi connectivity index (χ2v) is 3.71. The molecule has 0 aliphatic carbocycles. The molecule has 1 aromatic carbocycles. The molecule has 3 nitrogen and oxygen atoms in total. The molecule has 6 heteroatoms. The summed E-state index contributed by atoms with van der Waals surface area (Å²) in [6.45, 7) is 4.46. The first-order valence-electron chi connectivity index (χ1n) is 4.93. The van der Waals surface area contributed by atoms with E-state index in [2.05, 4.69) is 6.58 Å². The number of aromatic hydroxyl groups is 1. The maximum atomic E-state index is 12.5. The number of carbonyl (C=O) groups is 1. The first-order valence-corrected chi connectivity index (χ1v) is 4.93. The third-order valence-corrected chi connectivity index (χ3v) is 2.08. The quantitative estimate of drug-likeness (QED) is 0.671. The minimum absolute atomic E-state index is 0.134. The Balaban J connectivity index is 2.86. The number of phenolic OH excluding ortho intramolecular Hbond substituents is 1. The van der Waals surface area contributed by atoms with Crippen LogP contribution in [0.15, 0.2) is 30.4 Å². The number of hydrogen-bond acceptors (Lipinski definition) is 3. The minimum Gasteiger partial charge on any atom is -0.507 e. The number of esters is 1. The molecule has 98 valence electrons. The van der Waals surface area contributed by atoms with Gasteiger partial charge in [-0.2, -0.15) is 13.2 Å². The number of hydrogen-bond donors (Lipinski definition) is 1. The van der Waals surface area contributed by atoms with Crippen LogP contribution in [0.25, 0.3) is 0 Å². The summed E-state index contributed by atoms with van der Waals surface area (Å²) in [6.07, 6.45) is -4.65. The number of carbonyl (C=O) groups excluding carboxylic acids is 1. The van der Waals surface area contributed by atoms with Gasteiger partial charge in [-0.1, -0.05) is 12.6 Å². The molecule has 0 heterocycles. The summed E-state index contributed by atoms with van der Waals surface area (Å²) in [7, 11) is 0. The molecule has 0 radical (unpaired) electrons. The van der Waals surface area contributed by atoms with Crippen LogP contribution in [0.2, 0.25) is 0 Å². The lowest BCUT2D eigenvalue weighted by Gasteiger charge is -2.11. The second-order valence-electron chi connectivity index (χ2n) is 3.71. The highest BCUT2D eigenvalue weighted by Gasteiger charge is 2.34. The summed E-state index contributed by atoms with van der Waals surface area (Å²) < 4.78 is 42.1. The van der Waals surface area contributed by atoms with Crippen LogP contribution in [0, 0.1) is 0 Å². The molecule has 1 N–H and O–H groups in total. The molecule has 1 aromatic rings. The summed E-state index contributed by atoms with van der Waals surface area (Å²) in [5, 5.41) is 9.09. The van der Waals surface area contributed by atoms with E-state index in [0.29, 0.717) is 0 Å². The van der Waals surface area contributed by atoms with Gasteiger partial charge < -0.3 is 9.84 Å². The second kappa shape index (κ2) is 5.12. The van der Waals surface area contributed by atoms with Gasteiger partial charge in [0.05, 0.1) is 5.56 Å². The molecule has 0 aromatic heterocycles. The van der Waals surface area contributed by atoms with Crippen LogP contribution in [-0.2, 0) is 22.3 Å². The van der Waals surface area contributed by atoms with E-state index in [0.717, 1.165) is 12.1 Å². The van der Waals surface area contributed by atoms with E-state index in [1.54, 1.807) is 0 Å². The molecule has 0 saturated heterocycles. The highest BCUT2D eigenvalue weighted by molar-refractivity contribution is 5.86. The van der Waals surface area contributed by atoms with Gasteiger partial charge in [0, 0.05) is 5.57 Å². The van der Waals surface area contributed by atoms with Gasteiger partial charge in [0.15, 0.2) is 0 Å². The van der Waals surface area contributed by atoms with Gasteiger partial charge in [-0.3, -0.25) is 0 Å². The van der Waals surface area contributed by atoms with Crippen LogP contribution >= 0.6 is 0 Å². The fraction of sp³-hybridized carbons (Fsp3) is 0.250. The largest absolute Gasteiger partial charge is 0.507 e. The number of ether oxygens (including phenoxy) is 1. The smallest absolute Gasteiger partial charge is 0.419 e. The van der Waals surface area contributed by atoms with Crippen LogP contribution in [0.3, 0.4) is 0 Å². The van der Waals surface area contributed by atoms with Gasteiger partial charge in [0.1, 0.15) is 12.4 Å². The molecule has 0 amide bonds. The third kappa shape index (κ3) is 3.51. The van der Waals surface area contributed by atoms with Crippen molar-refractivity contribution in [3.05, 3.63) is 41.5 Å². The number of benzene rings is 1. The number of alkyl halides is 3. The highest BCUT2D eigenvalue weighted by atomic mass is 19.4. The summed E-state index contributed by atoms with van der Waals surface area (Å²) in [4.78, 5) is 11.1. The van der Waals surface area contributed by atoms with Crippen molar-refractivity contribution in [2.24, 2.45) is 0 Å². The molecule has 0 atom stereocenters. The fourth-order valence-electron chi connectivity index (χ4n) is 1.17. The Morgan fingerprint density at radius 3 is 2.56 bits per heavy atom. The van der Waals surface area contributed by atoms with Gasteiger partial charge in [0.2, 0.25) is 0 Å². The molecule has 18 heavy (non-hydrogen) atoms. The molecule has 0 fully saturated rings. The van der Waals surface area contributed by atoms with Gasteiger partial charge >= 0.3 is 12.1 Å². The molecular weight excluding hydrogens is 249 g/mol. The SMILES string of the molecule is C=C(C)C(=O)OCc1ccc(O)c(C(F)(F)F)c1. The predicted molar refractivity (Wildman–Crippen MR) is 57.7 cm³/mol. The van der Waals surface area contributed by atoms with Crippen molar-refractivity contribution in [2.75, 3.05) is 0 Å². The summed E-state index contributed by atoms with van der Waals surface area (Å²) in [6, 6.07) is 2.89. The van der Waals surface area contributed by atoms with E-state index in [-0.39, 0.29) is 17.7 Å². The van der Waals surface area contributed by atoms with Crippen LogP contribution in [0.1, 0.15) is 18.1 Å².